The van der Waals surface area contributed by atoms with Crippen LogP contribution in [0.2, 0.25) is 0 Å². The lowest BCUT2D eigenvalue weighted by atomic mass is 10.1. The lowest BCUT2D eigenvalue weighted by Crippen LogP contribution is -2.39. The molecule has 1 amide bonds. The maximum atomic E-state index is 12.4. The molecule has 1 atom stereocenters. The molecule has 0 saturated carbocycles. The van der Waals surface area contributed by atoms with Crippen LogP contribution in [0.25, 0.3) is 0 Å². The Kier molecular flexibility index (Phi) is 9.14. The van der Waals surface area contributed by atoms with Crippen molar-refractivity contribution in [3.8, 4) is 5.75 Å². The number of benzene rings is 1. The SMILES string of the molecule is CCOC(=O)COc1ccccc1C1SCCC(=O)N1CCSCCO. The second-order valence-corrected chi connectivity index (χ2v) is 7.94. The molecule has 0 bridgehead atoms. The van der Waals surface area contributed by atoms with E-state index in [0.29, 0.717) is 31.1 Å². The number of aliphatic hydroxyl groups excluding tert-OH is 1. The van der Waals surface area contributed by atoms with E-state index in [9.17, 15) is 9.59 Å². The molecule has 1 aliphatic heterocycles. The molecule has 6 nitrogen and oxygen atoms in total. The van der Waals surface area contributed by atoms with E-state index in [1.165, 1.54) is 0 Å². The summed E-state index contributed by atoms with van der Waals surface area (Å²) in [5, 5.41) is 8.77. The quantitative estimate of drug-likeness (QED) is 0.478. The van der Waals surface area contributed by atoms with Crippen molar-refractivity contribution in [3.63, 3.8) is 0 Å². The van der Waals surface area contributed by atoms with Crippen LogP contribution in [-0.2, 0) is 14.3 Å². The Balaban J connectivity index is 2.10. The van der Waals surface area contributed by atoms with Crippen LogP contribution < -0.4 is 4.74 Å². The standard InChI is InChI=1S/C18H25NO5S2/c1-2-23-17(22)13-24-15-6-4-3-5-14(15)18-19(8-11-25-12-9-20)16(21)7-10-26-18/h3-6,18,20H,2,7-13H2,1H3. The lowest BCUT2D eigenvalue weighted by molar-refractivity contribution is -0.145. The minimum atomic E-state index is -0.410. The summed E-state index contributed by atoms with van der Waals surface area (Å²) >= 11 is 3.33. The highest BCUT2D eigenvalue weighted by Gasteiger charge is 2.31. The minimum absolute atomic E-state index is 0.124. The van der Waals surface area contributed by atoms with Crippen LogP contribution in [0.4, 0.5) is 0 Å². The van der Waals surface area contributed by atoms with Gasteiger partial charge in [-0.3, -0.25) is 4.79 Å². The molecule has 1 aromatic rings. The number of nitrogens with zero attached hydrogens (tertiary/aromatic N) is 1. The number of aliphatic hydroxyl groups is 1. The molecule has 1 aromatic carbocycles. The predicted octanol–water partition coefficient (Wildman–Crippen LogP) is 2.32. The highest BCUT2D eigenvalue weighted by Crippen LogP contribution is 2.41. The Morgan fingerprint density at radius 2 is 2.19 bits per heavy atom. The Hall–Kier alpha value is -1.38. The van der Waals surface area contributed by atoms with E-state index in [4.69, 9.17) is 14.6 Å². The third-order valence-corrected chi connectivity index (χ3v) is 5.95. The van der Waals surface area contributed by atoms with Gasteiger partial charge in [0, 0.05) is 35.8 Å². The van der Waals surface area contributed by atoms with E-state index in [1.807, 2.05) is 29.2 Å². The fourth-order valence-corrected chi connectivity index (χ4v) is 4.56. The average molecular weight is 400 g/mol. The molecule has 144 valence electrons. The number of para-hydroxylation sites is 1. The van der Waals surface area contributed by atoms with Gasteiger partial charge in [0.25, 0.3) is 0 Å². The number of hydrogen-bond donors (Lipinski definition) is 1. The summed E-state index contributed by atoms with van der Waals surface area (Å²) in [7, 11) is 0. The van der Waals surface area contributed by atoms with Gasteiger partial charge in [-0.15, -0.1) is 11.8 Å². The molecule has 1 fully saturated rings. The van der Waals surface area contributed by atoms with Crippen molar-refractivity contribution in [3.05, 3.63) is 29.8 Å². The first-order valence-electron chi connectivity index (χ1n) is 8.64. The summed E-state index contributed by atoms with van der Waals surface area (Å²) in [6.07, 6.45) is 0.525. The molecule has 26 heavy (non-hydrogen) atoms. The maximum absolute atomic E-state index is 12.4. The van der Waals surface area contributed by atoms with Gasteiger partial charge in [-0.2, -0.15) is 11.8 Å². The molecular weight excluding hydrogens is 374 g/mol. The van der Waals surface area contributed by atoms with Crippen LogP contribution in [-0.4, -0.2) is 65.5 Å². The molecule has 1 aliphatic rings. The Morgan fingerprint density at radius 3 is 2.96 bits per heavy atom. The average Bonchev–Trinajstić information content (AvgIpc) is 2.65. The van der Waals surface area contributed by atoms with Crippen molar-refractivity contribution in [2.24, 2.45) is 0 Å². The van der Waals surface area contributed by atoms with E-state index < -0.39 is 5.97 Å². The third-order valence-electron chi connectivity index (χ3n) is 3.74. The summed E-state index contributed by atoms with van der Waals surface area (Å²) in [5.74, 6) is 2.51. The van der Waals surface area contributed by atoms with Crippen LogP contribution in [0.3, 0.4) is 0 Å². The summed E-state index contributed by atoms with van der Waals surface area (Å²) in [6, 6.07) is 7.50. The molecule has 1 heterocycles. The van der Waals surface area contributed by atoms with E-state index in [2.05, 4.69) is 0 Å². The topological polar surface area (TPSA) is 76.1 Å². The Bertz CT molecular complexity index is 599. The number of carbonyl (C=O) groups excluding carboxylic acids is 2. The van der Waals surface area contributed by atoms with Gasteiger partial charge in [-0.1, -0.05) is 18.2 Å². The normalized spacial score (nSPS) is 17.2. The second-order valence-electron chi connectivity index (χ2n) is 5.53. The molecule has 0 radical (unpaired) electrons. The van der Waals surface area contributed by atoms with Crippen LogP contribution >= 0.6 is 23.5 Å². The molecule has 8 heteroatoms. The molecule has 1 N–H and O–H groups in total. The number of esters is 1. The summed E-state index contributed by atoms with van der Waals surface area (Å²) in [6.45, 7) is 2.68. The molecule has 0 aromatic heterocycles. The van der Waals surface area contributed by atoms with Gasteiger partial charge < -0.3 is 19.5 Å². The zero-order chi connectivity index (χ0) is 18.8. The molecule has 2 rings (SSSR count). The smallest absolute Gasteiger partial charge is 0.344 e. The van der Waals surface area contributed by atoms with E-state index >= 15 is 0 Å². The van der Waals surface area contributed by atoms with Crippen molar-refractivity contribution >= 4 is 35.4 Å². The van der Waals surface area contributed by atoms with Crippen molar-refractivity contribution < 1.29 is 24.2 Å². The van der Waals surface area contributed by atoms with Crippen LogP contribution in [0.15, 0.2) is 24.3 Å². The van der Waals surface area contributed by atoms with E-state index in [0.717, 1.165) is 17.1 Å². The van der Waals surface area contributed by atoms with Gasteiger partial charge >= 0.3 is 5.97 Å². The zero-order valence-corrected chi connectivity index (χ0v) is 16.5. The monoisotopic (exact) mass is 399 g/mol. The molecule has 1 unspecified atom stereocenters. The summed E-state index contributed by atoms with van der Waals surface area (Å²) in [4.78, 5) is 25.9. The number of rotatable bonds is 10. The number of hydrogen-bond acceptors (Lipinski definition) is 7. The fraction of sp³-hybridized carbons (Fsp3) is 0.556. The maximum Gasteiger partial charge on any atom is 0.344 e. The van der Waals surface area contributed by atoms with Gasteiger partial charge in [0.05, 0.1) is 13.2 Å². The van der Waals surface area contributed by atoms with Crippen LogP contribution in [0.5, 0.6) is 5.75 Å². The first kappa shape index (κ1) is 20.9. The van der Waals surface area contributed by atoms with E-state index in [1.54, 1.807) is 30.4 Å². The molecule has 0 spiro atoms. The molecule has 0 aliphatic carbocycles. The van der Waals surface area contributed by atoms with Gasteiger partial charge in [-0.25, -0.2) is 4.79 Å². The zero-order valence-electron chi connectivity index (χ0n) is 14.9. The van der Waals surface area contributed by atoms with Crippen molar-refractivity contribution in [2.75, 3.05) is 43.6 Å². The van der Waals surface area contributed by atoms with Gasteiger partial charge in [0.2, 0.25) is 5.91 Å². The first-order chi connectivity index (χ1) is 12.7. The highest BCUT2D eigenvalue weighted by atomic mass is 32.2. The Morgan fingerprint density at radius 1 is 1.38 bits per heavy atom. The summed E-state index contributed by atoms with van der Waals surface area (Å²) < 4.78 is 10.6. The van der Waals surface area contributed by atoms with Crippen LogP contribution in [0.1, 0.15) is 24.3 Å². The third kappa shape index (κ3) is 6.10. The first-order valence-corrected chi connectivity index (χ1v) is 10.8. The minimum Gasteiger partial charge on any atom is -0.482 e. The van der Waals surface area contributed by atoms with Crippen molar-refractivity contribution in [1.29, 1.82) is 0 Å². The summed E-state index contributed by atoms with van der Waals surface area (Å²) in [5.41, 5.74) is 0.891. The van der Waals surface area contributed by atoms with Crippen LogP contribution in [0, 0.1) is 0 Å². The highest BCUT2D eigenvalue weighted by molar-refractivity contribution is 7.99. The largest absolute Gasteiger partial charge is 0.482 e. The number of carbonyl (C=O) groups is 2. The Labute approximate surface area is 162 Å². The van der Waals surface area contributed by atoms with E-state index in [-0.39, 0.29) is 24.5 Å². The van der Waals surface area contributed by atoms with Gasteiger partial charge in [0.1, 0.15) is 11.1 Å². The molecular formula is C18H25NO5S2. The van der Waals surface area contributed by atoms with Gasteiger partial charge in [0.15, 0.2) is 6.61 Å². The van der Waals surface area contributed by atoms with Gasteiger partial charge in [-0.05, 0) is 13.0 Å². The number of amides is 1. The lowest BCUT2D eigenvalue weighted by Gasteiger charge is -2.36. The molecule has 1 saturated heterocycles. The second kappa shape index (κ2) is 11.4. The number of ether oxygens (including phenoxy) is 2. The van der Waals surface area contributed by atoms with Crippen molar-refractivity contribution in [2.45, 2.75) is 18.7 Å². The fourth-order valence-electron chi connectivity index (χ4n) is 2.61. The predicted molar refractivity (Wildman–Crippen MR) is 105 cm³/mol. The van der Waals surface area contributed by atoms with Crippen molar-refractivity contribution in [1.82, 2.24) is 4.90 Å². The number of thioether (sulfide) groups is 2.